The third-order valence-electron chi connectivity index (χ3n) is 7.23. The van der Waals surface area contributed by atoms with Crippen molar-refractivity contribution in [2.45, 2.75) is 25.5 Å². The molecular weight excluding hydrogens is 538 g/mol. The number of hydrogen-bond donors (Lipinski definition) is 1. The minimum atomic E-state index is -0.460. The van der Waals surface area contributed by atoms with E-state index < -0.39 is 4.92 Å². The number of non-ortho nitro benzene ring substituents is 1. The maximum atomic E-state index is 13.7. The molecule has 0 bridgehead atoms. The Balaban J connectivity index is 1.36. The Morgan fingerprint density at radius 2 is 1.33 bits per heavy atom. The second-order valence-electron chi connectivity index (χ2n) is 10.2. The van der Waals surface area contributed by atoms with Crippen LogP contribution < -0.4 is 10.1 Å². The van der Waals surface area contributed by atoms with Gasteiger partial charge in [-0.05, 0) is 52.9 Å². The fourth-order valence-electron chi connectivity index (χ4n) is 5.00. The first-order valence-corrected chi connectivity index (χ1v) is 14.2. The van der Waals surface area contributed by atoms with Crippen LogP contribution >= 0.6 is 0 Å². The Bertz CT molecular complexity index is 1570. The smallest absolute Gasteiger partial charge is 0.322 e. The number of carbonyl (C=O) groups excluding carboxylic acids is 1. The summed E-state index contributed by atoms with van der Waals surface area (Å²) in [5.74, 6) is 0.821. The summed E-state index contributed by atoms with van der Waals surface area (Å²) >= 11 is 0. The summed E-state index contributed by atoms with van der Waals surface area (Å²) < 4.78 is 6.04. The third kappa shape index (κ3) is 8.30. The van der Waals surface area contributed by atoms with Crippen LogP contribution in [0.2, 0.25) is 0 Å². The van der Waals surface area contributed by atoms with E-state index in [1.165, 1.54) is 23.3 Å². The highest BCUT2D eigenvalue weighted by atomic mass is 16.6. The fraction of sp³-hybridized carbons (Fsp3) is 0.139. The van der Waals surface area contributed by atoms with E-state index >= 15 is 0 Å². The highest BCUT2D eigenvalue weighted by Gasteiger charge is 2.20. The number of carbonyl (C=O) groups is 1. The molecule has 5 rings (SSSR count). The van der Waals surface area contributed by atoms with E-state index in [-0.39, 0.29) is 17.6 Å². The Labute approximate surface area is 251 Å². The summed E-state index contributed by atoms with van der Waals surface area (Å²) in [4.78, 5) is 26.1. The first-order valence-electron chi connectivity index (χ1n) is 14.2. The molecule has 5 aromatic rings. The Hall–Kier alpha value is -5.43. The summed E-state index contributed by atoms with van der Waals surface area (Å²) in [6.45, 7) is 1.28. The summed E-state index contributed by atoms with van der Waals surface area (Å²) in [7, 11) is 0. The molecule has 43 heavy (non-hydrogen) atoms. The molecule has 5 aromatic carbocycles. The van der Waals surface area contributed by atoms with Crippen molar-refractivity contribution in [2.75, 3.05) is 11.9 Å². The summed E-state index contributed by atoms with van der Waals surface area (Å²) in [5.41, 5.74) is 4.82. The van der Waals surface area contributed by atoms with Gasteiger partial charge in [0.2, 0.25) is 0 Å². The van der Waals surface area contributed by atoms with Crippen LogP contribution in [0.5, 0.6) is 5.75 Å². The molecule has 0 fully saturated rings. The first-order chi connectivity index (χ1) is 21.0. The number of ether oxygens (including phenoxy) is 1. The van der Waals surface area contributed by atoms with Crippen molar-refractivity contribution >= 4 is 17.4 Å². The quantitative estimate of drug-likeness (QED) is 0.120. The molecule has 1 N–H and O–H groups in total. The van der Waals surface area contributed by atoms with Gasteiger partial charge < -0.3 is 15.0 Å². The SMILES string of the molecule is O=C(Nc1ccc([N+](=O)[O-])cc1)N(CCC(c1ccccc1)c1ccccc1)Cc1cccc(OCc2ccccc2)c1. The number of urea groups is 1. The monoisotopic (exact) mass is 571 g/mol. The van der Waals surface area contributed by atoms with Gasteiger partial charge in [0.15, 0.2) is 0 Å². The van der Waals surface area contributed by atoms with E-state index in [4.69, 9.17) is 4.74 Å². The van der Waals surface area contributed by atoms with E-state index in [2.05, 4.69) is 29.6 Å². The van der Waals surface area contributed by atoms with Gasteiger partial charge in [-0.1, -0.05) is 103 Å². The molecule has 7 nitrogen and oxygen atoms in total. The molecule has 7 heteroatoms. The molecule has 0 aliphatic carbocycles. The molecule has 0 aliphatic heterocycles. The molecule has 0 aromatic heterocycles. The molecule has 0 saturated heterocycles. The molecule has 0 radical (unpaired) electrons. The van der Waals surface area contributed by atoms with Crippen molar-refractivity contribution in [1.82, 2.24) is 4.90 Å². The molecule has 0 unspecified atom stereocenters. The van der Waals surface area contributed by atoms with Crippen LogP contribution in [0.4, 0.5) is 16.2 Å². The lowest BCUT2D eigenvalue weighted by atomic mass is 9.88. The second kappa shape index (κ2) is 14.5. The summed E-state index contributed by atoms with van der Waals surface area (Å²) in [6, 6.07) is 43.9. The lowest BCUT2D eigenvalue weighted by Crippen LogP contribution is -2.36. The van der Waals surface area contributed by atoms with Gasteiger partial charge in [-0.3, -0.25) is 10.1 Å². The lowest BCUT2D eigenvalue weighted by Gasteiger charge is -2.27. The van der Waals surface area contributed by atoms with Gasteiger partial charge >= 0.3 is 6.03 Å². The van der Waals surface area contributed by atoms with Gasteiger partial charge in [-0.15, -0.1) is 0 Å². The second-order valence-corrected chi connectivity index (χ2v) is 10.2. The third-order valence-corrected chi connectivity index (χ3v) is 7.23. The molecule has 0 heterocycles. The van der Waals surface area contributed by atoms with Crippen LogP contribution in [0.3, 0.4) is 0 Å². The van der Waals surface area contributed by atoms with Crippen LogP contribution in [-0.4, -0.2) is 22.4 Å². The first kappa shape index (κ1) is 29.1. The zero-order valence-electron chi connectivity index (χ0n) is 23.7. The van der Waals surface area contributed by atoms with Gasteiger partial charge in [0.05, 0.1) is 4.92 Å². The average molecular weight is 572 g/mol. The zero-order chi connectivity index (χ0) is 29.9. The molecule has 0 atom stereocenters. The van der Waals surface area contributed by atoms with Crippen molar-refractivity contribution in [3.05, 3.63) is 172 Å². The van der Waals surface area contributed by atoms with Crippen molar-refractivity contribution in [3.63, 3.8) is 0 Å². The zero-order valence-corrected chi connectivity index (χ0v) is 23.7. The maximum Gasteiger partial charge on any atom is 0.322 e. The topological polar surface area (TPSA) is 84.7 Å². The number of nitro benzene ring substituents is 1. The fourth-order valence-corrected chi connectivity index (χ4v) is 5.00. The van der Waals surface area contributed by atoms with E-state index in [0.29, 0.717) is 31.8 Å². The van der Waals surface area contributed by atoms with Gasteiger partial charge in [0.1, 0.15) is 12.4 Å². The van der Waals surface area contributed by atoms with Crippen LogP contribution in [0, 0.1) is 10.1 Å². The number of rotatable bonds is 12. The molecule has 0 spiro atoms. The highest BCUT2D eigenvalue weighted by molar-refractivity contribution is 5.89. The van der Waals surface area contributed by atoms with E-state index in [1.807, 2.05) is 91.0 Å². The Morgan fingerprint density at radius 1 is 0.744 bits per heavy atom. The number of nitro groups is 1. The molecular formula is C36H33N3O4. The van der Waals surface area contributed by atoms with Crippen molar-refractivity contribution in [2.24, 2.45) is 0 Å². The molecule has 2 amide bonds. The van der Waals surface area contributed by atoms with Gasteiger partial charge in [-0.2, -0.15) is 0 Å². The van der Waals surface area contributed by atoms with E-state index in [1.54, 1.807) is 17.0 Å². The highest BCUT2D eigenvalue weighted by Crippen LogP contribution is 2.29. The lowest BCUT2D eigenvalue weighted by molar-refractivity contribution is -0.384. The molecule has 0 aliphatic rings. The van der Waals surface area contributed by atoms with Crippen molar-refractivity contribution in [3.8, 4) is 5.75 Å². The number of amides is 2. The van der Waals surface area contributed by atoms with Gasteiger partial charge in [-0.25, -0.2) is 4.79 Å². The standard InChI is InChI=1S/C36H33N3O4/c40-36(37-32-19-21-33(22-20-32)39(41)42)38(24-23-35(30-14-6-2-7-15-30)31-16-8-3-9-17-31)26-29-13-10-18-34(25-29)43-27-28-11-4-1-5-12-28/h1-22,25,35H,23-24,26-27H2,(H,37,40). The van der Waals surface area contributed by atoms with Crippen LogP contribution in [0.1, 0.15) is 34.6 Å². The van der Waals surface area contributed by atoms with E-state index in [0.717, 1.165) is 16.9 Å². The average Bonchev–Trinajstić information content (AvgIpc) is 3.05. The maximum absolute atomic E-state index is 13.7. The van der Waals surface area contributed by atoms with Crippen LogP contribution in [0.25, 0.3) is 0 Å². The largest absolute Gasteiger partial charge is 0.489 e. The molecule has 216 valence electrons. The van der Waals surface area contributed by atoms with Gasteiger partial charge in [0, 0.05) is 36.8 Å². The summed E-state index contributed by atoms with van der Waals surface area (Å²) in [6.07, 6.45) is 0.700. The predicted octanol–water partition coefficient (Wildman–Crippen LogP) is 8.43. The van der Waals surface area contributed by atoms with Crippen LogP contribution in [0.15, 0.2) is 140 Å². The normalized spacial score (nSPS) is 10.7. The van der Waals surface area contributed by atoms with Crippen LogP contribution in [-0.2, 0) is 13.2 Å². The number of anilines is 1. The van der Waals surface area contributed by atoms with Crippen molar-refractivity contribution in [1.29, 1.82) is 0 Å². The number of hydrogen-bond acceptors (Lipinski definition) is 4. The Kier molecular flexibility index (Phi) is 9.78. The summed E-state index contributed by atoms with van der Waals surface area (Å²) in [5, 5.41) is 14.0. The van der Waals surface area contributed by atoms with Gasteiger partial charge in [0.25, 0.3) is 5.69 Å². The molecule has 0 saturated carbocycles. The van der Waals surface area contributed by atoms with E-state index in [9.17, 15) is 14.9 Å². The number of nitrogens with one attached hydrogen (secondary N) is 1. The predicted molar refractivity (Wildman–Crippen MR) is 169 cm³/mol. The minimum Gasteiger partial charge on any atom is -0.489 e. The number of benzene rings is 5. The number of nitrogens with zero attached hydrogens (tertiary/aromatic N) is 2. The Morgan fingerprint density at radius 3 is 1.93 bits per heavy atom. The van der Waals surface area contributed by atoms with Crippen molar-refractivity contribution < 1.29 is 14.5 Å². The minimum absolute atomic E-state index is 0.0317.